The van der Waals surface area contributed by atoms with Gasteiger partial charge in [-0.15, -0.1) is 11.8 Å². The molecule has 0 aromatic heterocycles. The Labute approximate surface area is 142 Å². The summed E-state index contributed by atoms with van der Waals surface area (Å²) in [5.41, 5.74) is -0.856. The van der Waals surface area contributed by atoms with Gasteiger partial charge < -0.3 is 10.1 Å². The maximum Gasteiger partial charge on any atom is 0.416 e. The molecule has 1 atom stereocenters. The minimum atomic E-state index is -4.54. The molecule has 1 unspecified atom stereocenters. The predicted octanol–water partition coefficient (Wildman–Crippen LogP) is 3.68. The number of hydrogen-bond acceptors (Lipinski definition) is 4. The molecule has 0 radical (unpaired) electrons. The average Bonchev–Trinajstić information content (AvgIpc) is 2.54. The zero-order valence-electron chi connectivity index (χ0n) is 13.3. The number of carbonyl (C=O) groups excluding carboxylic acids is 2. The molecule has 0 spiro atoms. The Morgan fingerprint density at radius 3 is 2.58 bits per heavy atom. The van der Waals surface area contributed by atoms with Crippen LogP contribution in [0.5, 0.6) is 5.75 Å². The molecule has 24 heavy (non-hydrogen) atoms. The lowest BCUT2D eigenvalue weighted by Gasteiger charge is -2.23. The number of benzene rings is 1. The Morgan fingerprint density at radius 2 is 2.04 bits per heavy atom. The van der Waals surface area contributed by atoms with Crippen LogP contribution in [0.25, 0.3) is 0 Å². The average molecular weight is 361 g/mol. The summed E-state index contributed by atoms with van der Waals surface area (Å²) in [6.07, 6.45) is -0.378. The second kappa shape index (κ2) is 7.46. The molecule has 0 aliphatic heterocycles. The maximum atomic E-state index is 13.0. The van der Waals surface area contributed by atoms with Crippen molar-refractivity contribution < 1.29 is 27.5 Å². The van der Waals surface area contributed by atoms with Crippen LogP contribution in [0, 0.1) is 0 Å². The number of Topliss-reactive ketones (excluding diaryl/α,β-unsaturated/α-hetero) is 1. The van der Waals surface area contributed by atoms with Crippen LogP contribution in [0.4, 0.5) is 13.2 Å². The van der Waals surface area contributed by atoms with E-state index in [1.165, 1.54) is 7.11 Å². The number of rotatable bonds is 4. The van der Waals surface area contributed by atoms with Crippen molar-refractivity contribution >= 4 is 23.5 Å². The molecular formula is C16H18F3NO3S. The second-order valence-electron chi connectivity index (χ2n) is 5.49. The highest BCUT2D eigenvalue weighted by Gasteiger charge is 2.34. The summed E-state index contributed by atoms with van der Waals surface area (Å²) < 4.78 is 43.9. The molecule has 2 rings (SSSR count). The number of hydrogen-bond donors (Lipinski definition) is 1. The topological polar surface area (TPSA) is 55.4 Å². The van der Waals surface area contributed by atoms with E-state index in [2.05, 4.69) is 5.32 Å². The van der Waals surface area contributed by atoms with E-state index < -0.39 is 23.7 Å². The summed E-state index contributed by atoms with van der Waals surface area (Å²) in [6.45, 7) is 0. The first-order valence-corrected chi connectivity index (χ1v) is 8.67. The standard InChI is InChI=1S/C16H18F3NO3S/c1-23-12-7-9(16(17,18)19)8-13(24-2)14(12)15(22)20-10-5-3-4-6-11(10)21/h7-8,10H,3-6H2,1-2H3,(H,20,22). The van der Waals surface area contributed by atoms with Crippen molar-refractivity contribution in [2.75, 3.05) is 13.4 Å². The van der Waals surface area contributed by atoms with Crippen LogP contribution < -0.4 is 10.1 Å². The molecule has 1 amide bonds. The third-order valence-corrected chi connectivity index (χ3v) is 4.68. The van der Waals surface area contributed by atoms with Crippen molar-refractivity contribution in [3.05, 3.63) is 23.3 Å². The first kappa shape index (κ1) is 18.6. The van der Waals surface area contributed by atoms with E-state index in [4.69, 9.17) is 4.74 Å². The largest absolute Gasteiger partial charge is 0.496 e. The summed E-state index contributed by atoms with van der Waals surface area (Å²) in [5.74, 6) is -0.800. The molecule has 1 aromatic rings. The normalized spacial score (nSPS) is 18.4. The number of halogens is 3. The van der Waals surface area contributed by atoms with E-state index in [1.807, 2.05) is 0 Å². The second-order valence-corrected chi connectivity index (χ2v) is 6.34. The molecule has 1 fully saturated rings. The Hall–Kier alpha value is -1.70. The molecular weight excluding hydrogens is 343 g/mol. The van der Waals surface area contributed by atoms with Gasteiger partial charge in [-0.25, -0.2) is 0 Å². The van der Waals surface area contributed by atoms with Gasteiger partial charge in [-0.05, 0) is 31.2 Å². The minimum Gasteiger partial charge on any atom is -0.496 e. The van der Waals surface area contributed by atoms with Crippen molar-refractivity contribution in [1.82, 2.24) is 5.32 Å². The Morgan fingerprint density at radius 1 is 1.33 bits per heavy atom. The highest BCUT2D eigenvalue weighted by Crippen LogP contribution is 2.38. The highest BCUT2D eigenvalue weighted by atomic mass is 32.2. The Balaban J connectivity index is 2.37. The van der Waals surface area contributed by atoms with Gasteiger partial charge in [-0.2, -0.15) is 13.2 Å². The Bertz CT molecular complexity index is 621. The number of alkyl halides is 3. The quantitative estimate of drug-likeness (QED) is 0.832. The molecule has 1 aliphatic rings. The molecule has 0 saturated heterocycles. The number of methoxy groups -OCH3 is 1. The van der Waals surface area contributed by atoms with E-state index in [0.717, 1.165) is 36.7 Å². The smallest absolute Gasteiger partial charge is 0.416 e. The number of thioether (sulfide) groups is 1. The summed E-state index contributed by atoms with van der Waals surface area (Å²) in [4.78, 5) is 24.6. The highest BCUT2D eigenvalue weighted by molar-refractivity contribution is 7.98. The first-order valence-electron chi connectivity index (χ1n) is 7.44. The Kier molecular flexibility index (Phi) is 5.79. The van der Waals surface area contributed by atoms with Crippen LogP contribution in [-0.2, 0) is 11.0 Å². The van der Waals surface area contributed by atoms with E-state index in [9.17, 15) is 22.8 Å². The van der Waals surface area contributed by atoms with Gasteiger partial charge in [0.15, 0.2) is 5.78 Å². The fourth-order valence-electron chi connectivity index (χ4n) is 2.67. The molecule has 0 bridgehead atoms. The first-order chi connectivity index (χ1) is 11.3. The third kappa shape index (κ3) is 4.03. The van der Waals surface area contributed by atoms with Gasteiger partial charge in [-0.1, -0.05) is 6.42 Å². The van der Waals surface area contributed by atoms with Gasteiger partial charge in [0.1, 0.15) is 5.75 Å². The molecule has 8 heteroatoms. The fraction of sp³-hybridized carbons (Fsp3) is 0.500. The van der Waals surface area contributed by atoms with Crippen molar-refractivity contribution in [1.29, 1.82) is 0 Å². The van der Waals surface area contributed by atoms with Gasteiger partial charge in [0.25, 0.3) is 5.91 Å². The van der Waals surface area contributed by atoms with Crippen molar-refractivity contribution in [3.8, 4) is 5.75 Å². The number of amides is 1. The monoisotopic (exact) mass is 361 g/mol. The third-order valence-electron chi connectivity index (χ3n) is 3.92. The summed E-state index contributed by atoms with van der Waals surface area (Å²) >= 11 is 1.02. The summed E-state index contributed by atoms with van der Waals surface area (Å²) in [6, 6.07) is 1.13. The van der Waals surface area contributed by atoms with Gasteiger partial charge in [0, 0.05) is 11.3 Å². The minimum absolute atomic E-state index is 0.0244. The van der Waals surface area contributed by atoms with E-state index in [-0.39, 0.29) is 22.0 Å². The lowest BCUT2D eigenvalue weighted by Crippen LogP contribution is -2.42. The van der Waals surface area contributed by atoms with Crippen molar-refractivity contribution in [2.45, 2.75) is 42.8 Å². The SMILES string of the molecule is COc1cc(C(F)(F)F)cc(SC)c1C(=O)NC1CCCCC1=O. The van der Waals surface area contributed by atoms with E-state index in [0.29, 0.717) is 12.8 Å². The van der Waals surface area contributed by atoms with Crippen LogP contribution in [0.3, 0.4) is 0 Å². The molecule has 4 nitrogen and oxygen atoms in total. The van der Waals surface area contributed by atoms with Crippen LogP contribution in [0.15, 0.2) is 17.0 Å². The number of ketones is 1. The maximum absolute atomic E-state index is 13.0. The van der Waals surface area contributed by atoms with Gasteiger partial charge in [0.05, 0.1) is 24.3 Å². The summed E-state index contributed by atoms with van der Waals surface area (Å²) in [5, 5.41) is 2.63. The zero-order valence-corrected chi connectivity index (χ0v) is 14.1. The van der Waals surface area contributed by atoms with Crippen LogP contribution in [-0.4, -0.2) is 31.1 Å². The van der Waals surface area contributed by atoms with Gasteiger partial charge in [0.2, 0.25) is 0 Å². The number of nitrogens with one attached hydrogen (secondary N) is 1. The van der Waals surface area contributed by atoms with E-state index >= 15 is 0 Å². The van der Waals surface area contributed by atoms with Gasteiger partial charge >= 0.3 is 6.18 Å². The van der Waals surface area contributed by atoms with Crippen LogP contribution >= 0.6 is 11.8 Å². The molecule has 1 N–H and O–H groups in total. The lowest BCUT2D eigenvalue weighted by molar-refractivity contribution is -0.137. The summed E-state index contributed by atoms with van der Waals surface area (Å²) in [7, 11) is 1.21. The van der Waals surface area contributed by atoms with Crippen molar-refractivity contribution in [3.63, 3.8) is 0 Å². The van der Waals surface area contributed by atoms with Crippen LogP contribution in [0.1, 0.15) is 41.6 Å². The van der Waals surface area contributed by atoms with Crippen molar-refractivity contribution in [2.24, 2.45) is 0 Å². The predicted molar refractivity (Wildman–Crippen MR) is 84.5 cm³/mol. The molecule has 1 aromatic carbocycles. The fourth-order valence-corrected chi connectivity index (χ4v) is 3.31. The zero-order chi connectivity index (χ0) is 17.9. The van der Waals surface area contributed by atoms with Gasteiger partial charge in [-0.3, -0.25) is 9.59 Å². The lowest BCUT2D eigenvalue weighted by atomic mass is 9.94. The molecule has 1 saturated carbocycles. The number of carbonyl (C=O) groups is 2. The molecule has 0 heterocycles. The van der Waals surface area contributed by atoms with Crippen LogP contribution in [0.2, 0.25) is 0 Å². The molecule has 1 aliphatic carbocycles. The number of ether oxygens (including phenoxy) is 1. The molecule has 132 valence electrons. The van der Waals surface area contributed by atoms with E-state index in [1.54, 1.807) is 6.26 Å².